The molecule has 7 nitrogen and oxygen atoms in total. The lowest BCUT2D eigenvalue weighted by Gasteiger charge is -2.12. The van der Waals surface area contributed by atoms with Crippen molar-refractivity contribution in [2.24, 2.45) is 0 Å². The summed E-state index contributed by atoms with van der Waals surface area (Å²) < 4.78 is 39.2. The van der Waals surface area contributed by atoms with E-state index in [0.717, 1.165) is 12.1 Å². The van der Waals surface area contributed by atoms with Gasteiger partial charge >= 0.3 is 5.97 Å². The van der Waals surface area contributed by atoms with Gasteiger partial charge in [0.15, 0.2) is 5.69 Å². The highest BCUT2D eigenvalue weighted by molar-refractivity contribution is 6.04. The molecule has 0 aliphatic rings. The average molecular weight is 477 g/mol. The van der Waals surface area contributed by atoms with Crippen molar-refractivity contribution in [3.63, 3.8) is 0 Å². The van der Waals surface area contributed by atoms with Crippen LogP contribution in [0.1, 0.15) is 27.8 Å². The van der Waals surface area contributed by atoms with E-state index < -0.39 is 23.5 Å². The maximum atomic E-state index is 13.5. The second kappa shape index (κ2) is 10.2. The van der Waals surface area contributed by atoms with E-state index in [4.69, 9.17) is 9.47 Å². The number of carbonyl (C=O) groups excluding carboxylic acids is 2. The predicted molar refractivity (Wildman–Crippen MR) is 126 cm³/mol. The normalized spacial score (nSPS) is 10.6. The van der Waals surface area contributed by atoms with E-state index in [-0.39, 0.29) is 17.9 Å². The Morgan fingerprint density at radius 1 is 0.971 bits per heavy atom. The monoisotopic (exact) mass is 477 g/mol. The van der Waals surface area contributed by atoms with Gasteiger partial charge in [0.2, 0.25) is 0 Å². The third-order valence-electron chi connectivity index (χ3n) is 5.05. The first-order valence-electron chi connectivity index (χ1n) is 10.7. The Balaban J connectivity index is 1.74. The summed E-state index contributed by atoms with van der Waals surface area (Å²) in [5.74, 6) is -2.43. The lowest BCUT2D eigenvalue weighted by atomic mass is 10.1. The van der Waals surface area contributed by atoms with Gasteiger partial charge in [0.1, 0.15) is 23.1 Å². The SMILES string of the molecule is CCOC(=O)c1cc(-c2cccc(NC(=O)c3cc(F)cc(F)c3)c2)n(-c2ccccc2OC)n1. The van der Waals surface area contributed by atoms with Crippen molar-refractivity contribution in [3.8, 4) is 22.7 Å². The number of nitrogens with one attached hydrogen (secondary N) is 1. The van der Waals surface area contributed by atoms with Gasteiger partial charge in [-0.3, -0.25) is 4.79 Å². The molecule has 4 rings (SSSR count). The van der Waals surface area contributed by atoms with Crippen LogP contribution >= 0.6 is 0 Å². The van der Waals surface area contributed by atoms with Crippen LogP contribution in [-0.4, -0.2) is 35.4 Å². The number of carbonyl (C=O) groups is 2. The topological polar surface area (TPSA) is 82.5 Å². The first-order valence-corrected chi connectivity index (χ1v) is 10.7. The maximum Gasteiger partial charge on any atom is 0.358 e. The number of nitrogens with zero attached hydrogens (tertiary/aromatic N) is 2. The van der Waals surface area contributed by atoms with Gasteiger partial charge in [0, 0.05) is 22.9 Å². The maximum absolute atomic E-state index is 13.5. The number of hydrogen-bond donors (Lipinski definition) is 1. The summed E-state index contributed by atoms with van der Waals surface area (Å²) in [5, 5.41) is 7.07. The summed E-state index contributed by atoms with van der Waals surface area (Å²) >= 11 is 0. The molecule has 1 heterocycles. The number of anilines is 1. The summed E-state index contributed by atoms with van der Waals surface area (Å²) in [7, 11) is 1.53. The zero-order valence-corrected chi connectivity index (χ0v) is 18.9. The first kappa shape index (κ1) is 23.6. The van der Waals surface area contributed by atoms with Crippen LogP contribution in [0.15, 0.2) is 72.8 Å². The Morgan fingerprint density at radius 2 is 1.71 bits per heavy atom. The number of aromatic nitrogens is 2. The largest absolute Gasteiger partial charge is 0.494 e. The van der Waals surface area contributed by atoms with Crippen LogP contribution in [0.4, 0.5) is 14.5 Å². The van der Waals surface area contributed by atoms with E-state index in [1.54, 1.807) is 54.1 Å². The molecular formula is C26H21F2N3O4. The second-order valence-electron chi connectivity index (χ2n) is 7.41. The van der Waals surface area contributed by atoms with Crippen molar-refractivity contribution >= 4 is 17.6 Å². The molecule has 178 valence electrons. The molecule has 0 aliphatic carbocycles. The van der Waals surface area contributed by atoms with Gasteiger partial charge in [0.25, 0.3) is 5.91 Å². The molecule has 0 saturated heterocycles. The number of esters is 1. The molecule has 0 radical (unpaired) electrons. The molecule has 0 fully saturated rings. The fourth-order valence-corrected chi connectivity index (χ4v) is 3.52. The number of hydrogen-bond acceptors (Lipinski definition) is 5. The number of ether oxygens (including phenoxy) is 2. The minimum Gasteiger partial charge on any atom is -0.494 e. The molecule has 4 aromatic rings. The number of benzene rings is 3. The third kappa shape index (κ3) is 5.19. The number of methoxy groups -OCH3 is 1. The van der Waals surface area contributed by atoms with Crippen LogP contribution in [0.2, 0.25) is 0 Å². The standard InChI is InChI=1S/C26H21F2N3O4/c1-3-35-26(33)21-15-23(31(30-21)22-9-4-5-10-24(22)34-2)16-7-6-8-20(13-16)29-25(32)17-11-18(27)14-19(28)12-17/h4-15H,3H2,1-2H3,(H,29,32). The number of halogens is 2. The van der Waals surface area contributed by atoms with Crippen LogP contribution in [-0.2, 0) is 4.74 Å². The Labute approximate surface area is 199 Å². The Bertz CT molecular complexity index is 1380. The Kier molecular flexibility index (Phi) is 6.86. The molecule has 1 N–H and O–H groups in total. The van der Waals surface area contributed by atoms with Gasteiger partial charge in [-0.25, -0.2) is 18.3 Å². The molecule has 0 unspecified atom stereocenters. The van der Waals surface area contributed by atoms with Crippen LogP contribution < -0.4 is 10.1 Å². The highest BCUT2D eigenvalue weighted by Crippen LogP contribution is 2.30. The molecule has 0 bridgehead atoms. The summed E-state index contributed by atoms with van der Waals surface area (Å²) in [4.78, 5) is 25.0. The van der Waals surface area contributed by atoms with Gasteiger partial charge in [-0.2, -0.15) is 5.10 Å². The first-order chi connectivity index (χ1) is 16.9. The molecule has 0 spiro atoms. The molecule has 9 heteroatoms. The average Bonchev–Trinajstić information content (AvgIpc) is 3.29. The van der Waals surface area contributed by atoms with E-state index >= 15 is 0 Å². The van der Waals surface area contributed by atoms with Crippen LogP contribution in [0.5, 0.6) is 5.75 Å². The minimum atomic E-state index is -0.851. The summed E-state index contributed by atoms with van der Waals surface area (Å²) in [5.41, 5.74) is 2.05. The van der Waals surface area contributed by atoms with Crippen LogP contribution in [0.25, 0.3) is 16.9 Å². The highest BCUT2D eigenvalue weighted by atomic mass is 19.1. The van der Waals surface area contributed by atoms with Crippen molar-refractivity contribution in [3.05, 3.63) is 95.7 Å². The van der Waals surface area contributed by atoms with Gasteiger partial charge in [-0.1, -0.05) is 24.3 Å². The molecule has 3 aromatic carbocycles. The number of rotatable bonds is 7. The quantitative estimate of drug-likeness (QED) is 0.368. The third-order valence-corrected chi connectivity index (χ3v) is 5.05. The molecule has 0 aliphatic heterocycles. The molecule has 0 atom stereocenters. The van der Waals surface area contributed by atoms with Crippen LogP contribution in [0.3, 0.4) is 0 Å². The van der Waals surface area contributed by atoms with E-state index in [0.29, 0.717) is 34.4 Å². The molecular weight excluding hydrogens is 456 g/mol. The van der Waals surface area contributed by atoms with Crippen molar-refractivity contribution < 1.29 is 27.8 Å². The smallest absolute Gasteiger partial charge is 0.358 e. The summed E-state index contributed by atoms with van der Waals surface area (Å²) in [6, 6.07) is 18.1. The summed E-state index contributed by atoms with van der Waals surface area (Å²) in [6.07, 6.45) is 0. The predicted octanol–water partition coefficient (Wildman–Crippen LogP) is 5.26. The lowest BCUT2D eigenvalue weighted by molar-refractivity contribution is 0.0518. The molecule has 1 aromatic heterocycles. The van der Waals surface area contributed by atoms with Gasteiger partial charge in [-0.05, 0) is 49.4 Å². The molecule has 0 saturated carbocycles. The van der Waals surface area contributed by atoms with Gasteiger partial charge in [-0.15, -0.1) is 0 Å². The fourth-order valence-electron chi connectivity index (χ4n) is 3.52. The van der Waals surface area contributed by atoms with Crippen molar-refractivity contribution in [2.75, 3.05) is 19.0 Å². The fraction of sp³-hybridized carbons (Fsp3) is 0.115. The number of para-hydroxylation sites is 2. The molecule has 35 heavy (non-hydrogen) atoms. The Morgan fingerprint density at radius 3 is 2.43 bits per heavy atom. The van der Waals surface area contributed by atoms with E-state index in [9.17, 15) is 18.4 Å². The second-order valence-corrected chi connectivity index (χ2v) is 7.41. The van der Waals surface area contributed by atoms with Gasteiger partial charge in [0.05, 0.1) is 19.4 Å². The minimum absolute atomic E-state index is 0.0948. The highest BCUT2D eigenvalue weighted by Gasteiger charge is 2.20. The van der Waals surface area contributed by atoms with E-state index in [2.05, 4.69) is 10.4 Å². The van der Waals surface area contributed by atoms with E-state index in [1.165, 1.54) is 7.11 Å². The number of amides is 1. The summed E-state index contributed by atoms with van der Waals surface area (Å²) in [6.45, 7) is 1.89. The Hall–Kier alpha value is -4.53. The van der Waals surface area contributed by atoms with Crippen LogP contribution in [0, 0.1) is 11.6 Å². The lowest BCUT2D eigenvalue weighted by Crippen LogP contribution is -2.12. The zero-order valence-electron chi connectivity index (χ0n) is 18.9. The van der Waals surface area contributed by atoms with E-state index in [1.807, 2.05) is 12.1 Å². The van der Waals surface area contributed by atoms with Gasteiger partial charge < -0.3 is 14.8 Å². The van der Waals surface area contributed by atoms with Crippen molar-refractivity contribution in [1.29, 1.82) is 0 Å². The molecule has 1 amide bonds. The van der Waals surface area contributed by atoms with Crippen molar-refractivity contribution in [1.82, 2.24) is 9.78 Å². The zero-order chi connectivity index (χ0) is 24.9. The van der Waals surface area contributed by atoms with Crippen molar-refractivity contribution in [2.45, 2.75) is 6.92 Å².